The Morgan fingerprint density at radius 3 is 2.28 bits per heavy atom. The van der Waals surface area contributed by atoms with Crippen LogP contribution in [-0.4, -0.2) is 28.1 Å². The molecule has 0 atom stereocenters. The minimum absolute atomic E-state index is 0.0661. The maximum absolute atomic E-state index is 12.1. The van der Waals surface area contributed by atoms with Crippen LogP contribution >= 0.6 is 0 Å². The molecule has 0 bridgehead atoms. The van der Waals surface area contributed by atoms with Gasteiger partial charge < -0.3 is 4.74 Å². The van der Waals surface area contributed by atoms with Crippen molar-refractivity contribution in [1.82, 2.24) is 0 Å². The van der Waals surface area contributed by atoms with E-state index in [0.717, 1.165) is 16.7 Å². The van der Waals surface area contributed by atoms with Gasteiger partial charge in [-0.2, -0.15) is 8.42 Å². The van der Waals surface area contributed by atoms with E-state index in [4.69, 9.17) is 4.18 Å². The van der Waals surface area contributed by atoms with Gasteiger partial charge >= 0.3 is 5.97 Å². The molecule has 0 N–H and O–H groups in total. The second kappa shape index (κ2) is 8.78. The lowest BCUT2D eigenvalue weighted by Gasteiger charge is -2.07. The average Bonchev–Trinajstić information content (AvgIpc) is 2.60. The molecule has 0 amide bonds. The number of carbonyl (C=O) groups excluding carboxylic acids is 1. The summed E-state index contributed by atoms with van der Waals surface area (Å²) in [5.41, 5.74) is 2.95. The molecular weight excluding hydrogens is 340 g/mol. The molecule has 0 spiro atoms. The molecule has 0 heterocycles. The number of hydrogen-bond acceptors (Lipinski definition) is 5. The largest absolute Gasteiger partial charge is 0.469 e. The van der Waals surface area contributed by atoms with E-state index in [-0.39, 0.29) is 17.5 Å². The molecule has 2 rings (SSSR count). The molecule has 0 saturated heterocycles. The van der Waals surface area contributed by atoms with Gasteiger partial charge in [-0.25, -0.2) is 0 Å². The molecule has 134 valence electrons. The predicted molar refractivity (Wildman–Crippen MR) is 94.8 cm³/mol. The van der Waals surface area contributed by atoms with E-state index in [0.29, 0.717) is 19.3 Å². The smallest absolute Gasteiger partial charge is 0.305 e. The van der Waals surface area contributed by atoms with Gasteiger partial charge in [-0.05, 0) is 43.0 Å². The fourth-order valence-electron chi connectivity index (χ4n) is 2.33. The van der Waals surface area contributed by atoms with E-state index < -0.39 is 10.1 Å². The summed E-state index contributed by atoms with van der Waals surface area (Å²) in [6.07, 6.45) is 1.37. The third-order valence-corrected chi connectivity index (χ3v) is 5.10. The first-order valence-electron chi connectivity index (χ1n) is 8.01. The van der Waals surface area contributed by atoms with Crippen molar-refractivity contribution in [3.8, 4) is 0 Å². The van der Waals surface area contributed by atoms with E-state index in [1.807, 2.05) is 31.2 Å². The second-order valence-electron chi connectivity index (χ2n) is 5.74. The van der Waals surface area contributed by atoms with Crippen LogP contribution in [0, 0.1) is 6.92 Å². The Hall–Kier alpha value is -2.18. The molecule has 5 nitrogen and oxygen atoms in total. The lowest BCUT2D eigenvalue weighted by molar-refractivity contribution is -0.140. The van der Waals surface area contributed by atoms with E-state index in [1.165, 1.54) is 19.2 Å². The van der Waals surface area contributed by atoms with Crippen molar-refractivity contribution >= 4 is 16.1 Å². The Morgan fingerprint density at radius 2 is 1.64 bits per heavy atom. The average molecular weight is 362 g/mol. The van der Waals surface area contributed by atoms with Gasteiger partial charge in [0.15, 0.2) is 0 Å². The van der Waals surface area contributed by atoms with Crippen molar-refractivity contribution in [3.63, 3.8) is 0 Å². The molecule has 0 aliphatic rings. The van der Waals surface area contributed by atoms with Crippen LogP contribution in [0.2, 0.25) is 0 Å². The van der Waals surface area contributed by atoms with Crippen molar-refractivity contribution in [2.75, 3.05) is 13.7 Å². The molecule has 2 aromatic carbocycles. The van der Waals surface area contributed by atoms with E-state index in [2.05, 4.69) is 4.74 Å². The number of esters is 1. The number of methoxy groups -OCH3 is 1. The van der Waals surface area contributed by atoms with E-state index in [1.54, 1.807) is 12.1 Å². The van der Waals surface area contributed by atoms with Crippen molar-refractivity contribution in [2.45, 2.75) is 31.1 Å². The van der Waals surface area contributed by atoms with Crippen molar-refractivity contribution in [1.29, 1.82) is 0 Å². The summed E-state index contributed by atoms with van der Waals surface area (Å²) in [6, 6.07) is 14.2. The van der Waals surface area contributed by atoms with Gasteiger partial charge in [0.05, 0.1) is 18.6 Å². The van der Waals surface area contributed by atoms with Crippen LogP contribution in [0.5, 0.6) is 0 Å². The SMILES string of the molecule is COC(=O)CCc1cccc(CCOS(=O)(=O)c2ccc(C)cc2)c1. The second-order valence-corrected chi connectivity index (χ2v) is 7.35. The molecule has 0 saturated carbocycles. The van der Waals surface area contributed by atoms with E-state index >= 15 is 0 Å². The lowest BCUT2D eigenvalue weighted by Crippen LogP contribution is -2.09. The molecule has 25 heavy (non-hydrogen) atoms. The highest BCUT2D eigenvalue weighted by Gasteiger charge is 2.14. The number of ether oxygens (including phenoxy) is 1. The standard InChI is InChI=1S/C19H22O5S/c1-15-6-9-18(10-7-15)25(21,22)24-13-12-17-5-3-4-16(14-17)8-11-19(20)23-2/h3-7,9-10,14H,8,11-13H2,1-2H3. The van der Waals surface area contributed by atoms with Gasteiger partial charge in [-0.1, -0.05) is 42.0 Å². The normalized spacial score (nSPS) is 11.3. The summed E-state index contributed by atoms with van der Waals surface area (Å²) in [5.74, 6) is -0.252. The Labute approximate surface area is 148 Å². The molecule has 6 heteroatoms. The quantitative estimate of drug-likeness (QED) is 0.533. The van der Waals surface area contributed by atoms with Gasteiger partial charge in [-0.15, -0.1) is 0 Å². The number of hydrogen-bond donors (Lipinski definition) is 0. The number of rotatable bonds is 8. The van der Waals surface area contributed by atoms with Crippen LogP contribution in [0.15, 0.2) is 53.4 Å². The summed E-state index contributed by atoms with van der Waals surface area (Å²) < 4.78 is 34.0. The zero-order valence-corrected chi connectivity index (χ0v) is 15.2. The first-order valence-corrected chi connectivity index (χ1v) is 9.42. The summed E-state index contributed by atoms with van der Waals surface area (Å²) in [7, 11) is -2.38. The van der Waals surface area contributed by atoms with Gasteiger partial charge in [0, 0.05) is 6.42 Å². The highest BCUT2D eigenvalue weighted by molar-refractivity contribution is 7.86. The zero-order valence-electron chi connectivity index (χ0n) is 14.4. The maximum atomic E-state index is 12.1. The Balaban J connectivity index is 1.90. The van der Waals surface area contributed by atoms with Gasteiger partial charge in [0.1, 0.15) is 0 Å². The topological polar surface area (TPSA) is 69.7 Å². The minimum atomic E-state index is -3.74. The monoisotopic (exact) mass is 362 g/mol. The third kappa shape index (κ3) is 5.99. The van der Waals surface area contributed by atoms with Crippen LogP contribution < -0.4 is 0 Å². The van der Waals surface area contributed by atoms with Crippen LogP contribution in [0.4, 0.5) is 0 Å². The summed E-state index contributed by atoms with van der Waals surface area (Å²) in [4.78, 5) is 11.4. The molecule has 2 aromatic rings. The molecule has 0 aromatic heterocycles. The molecule has 0 fully saturated rings. The Bertz CT molecular complexity index is 810. The Morgan fingerprint density at radius 1 is 1.00 bits per heavy atom. The Kier molecular flexibility index (Phi) is 6.73. The van der Waals surface area contributed by atoms with Crippen LogP contribution in [0.1, 0.15) is 23.1 Å². The van der Waals surface area contributed by atoms with E-state index in [9.17, 15) is 13.2 Å². The third-order valence-electron chi connectivity index (χ3n) is 3.78. The van der Waals surface area contributed by atoms with Crippen molar-refractivity contribution < 1.29 is 22.1 Å². The zero-order chi connectivity index (χ0) is 18.3. The van der Waals surface area contributed by atoms with Crippen molar-refractivity contribution in [2.24, 2.45) is 0 Å². The molecule has 0 radical (unpaired) electrons. The first kappa shape index (κ1) is 19.1. The lowest BCUT2D eigenvalue weighted by atomic mass is 10.0. The van der Waals surface area contributed by atoms with Gasteiger partial charge in [-0.3, -0.25) is 8.98 Å². The first-order chi connectivity index (χ1) is 11.9. The summed E-state index contributed by atoms with van der Waals surface area (Å²) in [6.45, 7) is 1.96. The number of carbonyl (C=O) groups is 1. The van der Waals surface area contributed by atoms with Gasteiger partial charge in [0.25, 0.3) is 10.1 Å². The number of aryl methyl sites for hydroxylation is 2. The van der Waals surface area contributed by atoms with Crippen LogP contribution in [0.25, 0.3) is 0 Å². The fourth-order valence-corrected chi connectivity index (χ4v) is 3.24. The highest BCUT2D eigenvalue weighted by Crippen LogP contribution is 2.14. The van der Waals surface area contributed by atoms with Gasteiger partial charge in [0.2, 0.25) is 0 Å². The molecule has 0 aliphatic carbocycles. The number of benzene rings is 2. The summed E-state index contributed by atoms with van der Waals surface area (Å²) >= 11 is 0. The predicted octanol–water partition coefficient (Wildman–Crippen LogP) is 3.05. The summed E-state index contributed by atoms with van der Waals surface area (Å²) in [5, 5.41) is 0. The molecule has 0 aliphatic heterocycles. The van der Waals surface area contributed by atoms with Crippen molar-refractivity contribution in [3.05, 3.63) is 65.2 Å². The maximum Gasteiger partial charge on any atom is 0.305 e. The van der Waals surface area contributed by atoms with Crippen LogP contribution in [0.3, 0.4) is 0 Å². The molecule has 0 unspecified atom stereocenters. The van der Waals surface area contributed by atoms with Crippen LogP contribution in [-0.2, 0) is 36.7 Å². The fraction of sp³-hybridized carbons (Fsp3) is 0.316. The highest BCUT2D eigenvalue weighted by atomic mass is 32.2. The molecular formula is C19H22O5S. The minimum Gasteiger partial charge on any atom is -0.469 e.